The molecule has 0 atom stereocenters. The first kappa shape index (κ1) is 16.5. The molecule has 0 bridgehead atoms. The first-order valence-electron chi connectivity index (χ1n) is 6.64. The highest BCUT2D eigenvalue weighted by Gasteiger charge is 2.32. The summed E-state index contributed by atoms with van der Waals surface area (Å²) in [5.41, 5.74) is 0.621. The third kappa shape index (κ3) is 5.41. The van der Waals surface area contributed by atoms with E-state index >= 15 is 0 Å². The molecule has 1 heterocycles. The molecule has 0 N–H and O–H groups in total. The molecule has 2 rings (SSSR count). The second-order valence-corrected chi connectivity index (χ2v) is 6.01. The first-order valence-corrected chi connectivity index (χ1v) is 7.43. The van der Waals surface area contributed by atoms with Gasteiger partial charge in [-0.25, -0.2) is 0 Å². The second kappa shape index (κ2) is 6.89. The van der Waals surface area contributed by atoms with Crippen molar-refractivity contribution in [3.63, 3.8) is 0 Å². The lowest BCUT2D eigenvalue weighted by atomic mass is 10.1. The Hall–Kier alpha value is -0.920. The van der Waals surface area contributed by atoms with E-state index < -0.39 is 12.7 Å². The number of carbonyl (C=O) groups is 1. The van der Waals surface area contributed by atoms with Gasteiger partial charge in [0.25, 0.3) is 0 Å². The summed E-state index contributed by atoms with van der Waals surface area (Å²) < 4.78 is 37.8. The van der Waals surface area contributed by atoms with Gasteiger partial charge >= 0.3 is 6.18 Å². The fourth-order valence-electron chi connectivity index (χ4n) is 2.29. The highest BCUT2D eigenvalue weighted by Crippen LogP contribution is 2.17. The average Bonchev–Trinajstić information content (AvgIpc) is 2.40. The summed E-state index contributed by atoms with van der Waals surface area (Å²) in [5, 5.41) is 0. The number of Topliss-reactive ketones (excluding diaryl/α,β-unsaturated/α-hetero) is 1. The zero-order chi connectivity index (χ0) is 15.5. The summed E-state index contributed by atoms with van der Waals surface area (Å²) in [6.45, 7) is 1.03. The maximum Gasteiger partial charge on any atom is 0.401 e. The highest BCUT2D eigenvalue weighted by molar-refractivity contribution is 9.10. The number of hydrogen-bond donors (Lipinski definition) is 0. The van der Waals surface area contributed by atoms with Gasteiger partial charge in [0, 0.05) is 36.2 Å². The van der Waals surface area contributed by atoms with E-state index in [1.807, 2.05) is 4.90 Å². The normalized spacial score (nSPS) is 17.9. The van der Waals surface area contributed by atoms with Gasteiger partial charge in [-0.15, -0.1) is 0 Å². The molecule has 1 aromatic rings. The minimum atomic E-state index is -4.16. The fourth-order valence-corrected chi connectivity index (χ4v) is 2.55. The minimum Gasteiger partial charge on any atom is -0.293 e. The van der Waals surface area contributed by atoms with Crippen LogP contribution in [0, 0.1) is 0 Å². The van der Waals surface area contributed by atoms with Crippen LogP contribution in [0.3, 0.4) is 0 Å². The van der Waals surface area contributed by atoms with Crippen LogP contribution < -0.4 is 0 Å². The summed E-state index contributed by atoms with van der Waals surface area (Å²) in [6.07, 6.45) is -4.16. The van der Waals surface area contributed by atoms with Crippen molar-refractivity contribution >= 4 is 21.7 Å². The summed E-state index contributed by atoms with van der Waals surface area (Å²) in [5.74, 6) is -0.00762. The van der Waals surface area contributed by atoms with Gasteiger partial charge in [-0.2, -0.15) is 13.2 Å². The van der Waals surface area contributed by atoms with Crippen LogP contribution in [-0.2, 0) is 0 Å². The molecule has 1 saturated heterocycles. The van der Waals surface area contributed by atoms with Gasteiger partial charge in [0.05, 0.1) is 13.1 Å². The molecule has 0 aromatic heterocycles. The van der Waals surface area contributed by atoms with Crippen LogP contribution in [0.1, 0.15) is 10.4 Å². The van der Waals surface area contributed by atoms with Crippen molar-refractivity contribution < 1.29 is 18.0 Å². The maximum atomic E-state index is 12.3. The molecule has 21 heavy (non-hydrogen) atoms. The standard InChI is InChI=1S/C14H16BrF3N2O/c15-12-3-1-11(2-4-12)13(21)9-19-5-7-20(8-6-19)10-14(16,17)18/h1-4H,5-10H2. The molecule has 0 aliphatic carbocycles. The number of alkyl halides is 3. The van der Waals surface area contributed by atoms with Crippen LogP contribution in [0.4, 0.5) is 13.2 Å². The Labute approximate surface area is 129 Å². The molecule has 1 aliphatic rings. The average molecular weight is 365 g/mol. The van der Waals surface area contributed by atoms with E-state index in [-0.39, 0.29) is 12.3 Å². The van der Waals surface area contributed by atoms with E-state index in [0.29, 0.717) is 31.7 Å². The maximum absolute atomic E-state index is 12.3. The molecular weight excluding hydrogens is 349 g/mol. The Morgan fingerprint density at radius 3 is 2.10 bits per heavy atom. The summed E-state index contributed by atoms with van der Waals surface area (Å²) in [7, 11) is 0. The molecule has 116 valence electrons. The van der Waals surface area contributed by atoms with Crippen molar-refractivity contribution in [1.82, 2.24) is 9.80 Å². The molecule has 0 unspecified atom stereocenters. The van der Waals surface area contributed by atoms with Gasteiger partial charge in [-0.05, 0) is 12.1 Å². The summed E-state index contributed by atoms with van der Waals surface area (Å²) in [6, 6.07) is 7.08. The number of nitrogens with zero attached hydrogens (tertiary/aromatic N) is 2. The third-order valence-corrected chi connectivity index (χ3v) is 3.93. The smallest absolute Gasteiger partial charge is 0.293 e. The molecule has 1 aliphatic heterocycles. The lowest BCUT2D eigenvalue weighted by Gasteiger charge is -2.34. The topological polar surface area (TPSA) is 23.6 Å². The van der Waals surface area contributed by atoms with Gasteiger partial charge in [-0.3, -0.25) is 14.6 Å². The Morgan fingerprint density at radius 2 is 1.57 bits per heavy atom. The molecule has 0 saturated carbocycles. The molecular formula is C14H16BrF3N2O. The molecule has 0 spiro atoms. The SMILES string of the molecule is O=C(CN1CCN(CC(F)(F)F)CC1)c1ccc(Br)cc1. The van der Waals surface area contributed by atoms with Crippen LogP contribution in [-0.4, -0.2) is 61.0 Å². The highest BCUT2D eigenvalue weighted by atomic mass is 79.9. The molecule has 0 radical (unpaired) electrons. The lowest BCUT2D eigenvalue weighted by Crippen LogP contribution is -2.50. The number of rotatable bonds is 4. The monoisotopic (exact) mass is 364 g/mol. The van der Waals surface area contributed by atoms with Crippen LogP contribution in [0.25, 0.3) is 0 Å². The fraction of sp³-hybridized carbons (Fsp3) is 0.500. The van der Waals surface area contributed by atoms with Crippen LogP contribution in [0.2, 0.25) is 0 Å². The summed E-state index contributed by atoms with van der Waals surface area (Å²) >= 11 is 3.30. The van der Waals surface area contributed by atoms with Gasteiger partial charge in [0.1, 0.15) is 0 Å². The van der Waals surface area contributed by atoms with Crippen molar-refractivity contribution in [2.24, 2.45) is 0 Å². The predicted octanol–water partition coefficient (Wildman–Crippen LogP) is 2.81. The third-order valence-electron chi connectivity index (χ3n) is 3.40. The van der Waals surface area contributed by atoms with Gasteiger partial charge in [0.15, 0.2) is 5.78 Å². The summed E-state index contributed by atoms with van der Waals surface area (Å²) in [4.78, 5) is 15.4. The van der Waals surface area contributed by atoms with E-state index in [1.165, 1.54) is 4.90 Å². The second-order valence-electron chi connectivity index (χ2n) is 5.10. The Kier molecular flexibility index (Phi) is 5.40. The van der Waals surface area contributed by atoms with E-state index in [4.69, 9.17) is 0 Å². The molecule has 0 amide bonds. The van der Waals surface area contributed by atoms with E-state index in [0.717, 1.165) is 4.47 Å². The van der Waals surface area contributed by atoms with E-state index in [2.05, 4.69) is 15.9 Å². The Bertz CT molecular complexity index is 482. The van der Waals surface area contributed by atoms with Crippen LogP contribution in [0.15, 0.2) is 28.7 Å². The number of hydrogen-bond acceptors (Lipinski definition) is 3. The number of benzene rings is 1. The molecule has 1 fully saturated rings. The zero-order valence-corrected chi connectivity index (χ0v) is 13.0. The van der Waals surface area contributed by atoms with Crippen molar-refractivity contribution in [2.45, 2.75) is 6.18 Å². The quantitative estimate of drug-likeness (QED) is 0.767. The zero-order valence-electron chi connectivity index (χ0n) is 11.4. The van der Waals surface area contributed by atoms with Gasteiger partial charge in [0.2, 0.25) is 0 Å². The largest absolute Gasteiger partial charge is 0.401 e. The first-order chi connectivity index (χ1) is 9.83. The van der Waals surface area contributed by atoms with E-state index in [9.17, 15) is 18.0 Å². The molecule has 7 heteroatoms. The lowest BCUT2D eigenvalue weighted by molar-refractivity contribution is -0.149. The Balaban J connectivity index is 1.80. The number of halogens is 4. The number of piperazine rings is 1. The number of ketones is 1. The van der Waals surface area contributed by atoms with Crippen molar-refractivity contribution in [3.8, 4) is 0 Å². The van der Waals surface area contributed by atoms with Crippen molar-refractivity contribution in [3.05, 3.63) is 34.3 Å². The van der Waals surface area contributed by atoms with E-state index in [1.54, 1.807) is 24.3 Å². The predicted molar refractivity (Wildman–Crippen MR) is 77.4 cm³/mol. The Morgan fingerprint density at radius 1 is 1.05 bits per heavy atom. The van der Waals surface area contributed by atoms with Crippen molar-refractivity contribution in [2.75, 3.05) is 39.3 Å². The van der Waals surface area contributed by atoms with Gasteiger partial charge < -0.3 is 0 Å². The van der Waals surface area contributed by atoms with Crippen LogP contribution >= 0.6 is 15.9 Å². The van der Waals surface area contributed by atoms with Crippen LogP contribution in [0.5, 0.6) is 0 Å². The molecule has 3 nitrogen and oxygen atoms in total. The number of carbonyl (C=O) groups excluding carboxylic acids is 1. The minimum absolute atomic E-state index is 0.00762. The van der Waals surface area contributed by atoms with Crippen molar-refractivity contribution in [1.29, 1.82) is 0 Å². The van der Waals surface area contributed by atoms with Gasteiger partial charge in [-0.1, -0.05) is 28.1 Å². The molecule has 1 aromatic carbocycles.